The van der Waals surface area contributed by atoms with Crippen LogP contribution >= 0.6 is 0 Å². The van der Waals surface area contributed by atoms with E-state index in [0.29, 0.717) is 42.3 Å². The summed E-state index contributed by atoms with van der Waals surface area (Å²) < 4.78 is 7.13. The fourth-order valence-corrected chi connectivity index (χ4v) is 4.11. The minimum Gasteiger partial charge on any atom is -0.396 e. The van der Waals surface area contributed by atoms with Gasteiger partial charge in [0.1, 0.15) is 6.61 Å². The predicted octanol–water partition coefficient (Wildman–Crippen LogP) is 2.30. The Morgan fingerprint density at radius 3 is 2.85 bits per heavy atom. The number of ether oxygens (including phenoxy) is 1. The summed E-state index contributed by atoms with van der Waals surface area (Å²) in [6.45, 7) is 1.57. The predicted molar refractivity (Wildman–Crippen MR) is 121 cm³/mol. The molecule has 1 aliphatic heterocycles. The molecule has 9 nitrogen and oxygen atoms in total. The van der Waals surface area contributed by atoms with Crippen LogP contribution in [-0.2, 0) is 16.1 Å². The van der Waals surface area contributed by atoms with Gasteiger partial charge in [-0.3, -0.25) is 14.9 Å². The number of imidazole rings is 1. The maximum atomic E-state index is 12.9. The van der Waals surface area contributed by atoms with Crippen molar-refractivity contribution < 1.29 is 19.4 Å². The number of rotatable bonds is 6. The van der Waals surface area contributed by atoms with E-state index in [-0.39, 0.29) is 30.4 Å². The molecular weight excluding hydrogens is 422 g/mol. The van der Waals surface area contributed by atoms with Gasteiger partial charge in [-0.05, 0) is 49.2 Å². The van der Waals surface area contributed by atoms with E-state index >= 15 is 0 Å². The summed E-state index contributed by atoms with van der Waals surface area (Å²) in [5.74, 6) is -0.119. The topological polar surface area (TPSA) is 120 Å². The largest absolute Gasteiger partial charge is 0.396 e. The maximum absolute atomic E-state index is 12.9. The van der Waals surface area contributed by atoms with Crippen LogP contribution in [-0.4, -0.2) is 52.8 Å². The number of nitrogens with zero attached hydrogens (tertiary/aromatic N) is 4. The quantitative estimate of drug-likeness (QED) is 0.601. The number of amides is 2. The van der Waals surface area contributed by atoms with Crippen molar-refractivity contribution >= 4 is 34.5 Å². The number of aliphatic hydroxyl groups excluding tert-OH is 1. The highest BCUT2D eigenvalue weighted by atomic mass is 16.5. The van der Waals surface area contributed by atoms with Crippen LogP contribution in [0.25, 0.3) is 11.0 Å². The molecular formula is C24H23N5O4. The van der Waals surface area contributed by atoms with Gasteiger partial charge in [0.05, 0.1) is 35.9 Å². The second-order valence-electron chi connectivity index (χ2n) is 8.60. The summed E-state index contributed by atoms with van der Waals surface area (Å²) in [5, 5.41) is 21.9. The fraction of sp³-hybridized carbons (Fsp3) is 0.333. The number of aromatic nitrogens is 2. The molecule has 2 fully saturated rings. The molecule has 0 unspecified atom stereocenters. The van der Waals surface area contributed by atoms with Crippen molar-refractivity contribution in [3.63, 3.8) is 0 Å². The number of aliphatic hydroxyl groups is 1. The van der Waals surface area contributed by atoms with Gasteiger partial charge in [0.2, 0.25) is 5.95 Å². The van der Waals surface area contributed by atoms with Crippen LogP contribution in [0, 0.1) is 16.7 Å². The molecule has 5 rings (SSSR count). The maximum Gasteiger partial charge on any atom is 0.258 e. The number of nitrogens with one attached hydrogen (secondary N) is 1. The summed E-state index contributed by atoms with van der Waals surface area (Å²) in [6, 6.07) is 14.1. The van der Waals surface area contributed by atoms with E-state index in [1.165, 1.54) is 6.07 Å². The van der Waals surface area contributed by atoms with E-state index < -0.39 is 0 Å². The number of carbonyl (C=O) groups is 2. The molecule has 2 N–H and O–H groups in total. The van der Waals surface area contributed by atoms with Crippen LogP contribution < -0.4 is 10.2 Å². The third kappa shape index (κ3) is 4.06. The van der Waals surface area contributed by atoms with E-state index in [2.05, 4.69) is 10.3 Å². The van der Waals surface area contributed by atoms with Crippen LogP contribution in [0.2, 0.25) is 0 Å². The first-order valence-corrected chi connectivity index (χ1v) is 10.8. The Morgan fingerprint density at radius 1 is 1.27 bits per heavy atom. The molecule has 9 heteroatoms. The van der Waals surface area contributed by atoms with Gasteiger partial charge in [-0.25, -0.2) is 4.98 Å². The molecule has 2 aromatic carbocycles. The molecule has 2 heterocycles. The zero-order chi connectivity index (χ0) is 23.0. The zero-order valence-corrected chi connectivity index (χ0v) is 18.0. The lowest BCUT2D eigenvalue weighted by Crippen LogP contribution is -2.41. The molecule has 0 bridgehead atoms. The van der Waals surface area contributed by atoms with Crippen LogP contribution in [0.3, 0.4) is 0 Å². The Labute approximate surface area is 190 Å². The molecule has 33 heavy (non-hydrogen) atoms. The van der Waals surface area contributed by atoms with Gasteiger partial charge >= 0.3 is 0 Å². The highest BCUT2D eigenvalue weighted by Crippen LogP contribution is 2.47. The lowest BCUT2D eigenvalue weighted by Gasteiger charge is -2.26. The minimum absolute atomic E-state index is 0.0502. The van der Waals surface area contributed by atoms with E-state index in [9.17, 15) is 14.7 Å². The lowest BCUT2D eigenvalue weighted by atomic mass is 10.1. The summed E-state index contributed by atoms with van der Waals surface area (Å²) in [6.07, 6.45) is 1.81. The van der Waals surface area contributed by atoms with Crippen molar-refractivity contribution in [3.8, 4) is 6.07 Å². The summed E-state index contributed by atoms with van der Waals surface area (Å²) >= 11 is 0. The second kappa shape index (κ2) is 8.31. The fourth-order valence-electron chi connectivity index (χ4n) is 4.11. The van der Waals surface area contributed by atoms with Crippen LogP contribution in [0.4, 0.5) is 11.6 Å². The van der Waals surface area contributed by atoms with Gasteiger partial charge in [0, 0.05) is 29.8 Å². The first-order chi connectivity index (χ1) is 16.0. The third-order valence-corrected chi connectivity index (χ3v) is 6.29. The highest BCUT2D eigenvalue weighted by Gasteiger charge is 2.43. The van der Waals surface area contributed by atoms with E-state index in [0.717, 1.165) is 24.0 Å². The first-order valence-electron chi connectivity index (χ1n) is 10.8. The number of nitriles is 1. The SMILES string of the molecule is N#Cc1cccc(C(=O)Nc2nc3cc(N4CCOCC4=O)ccc3n2CC2(CO)CC2)c1. The highest BCUT2D eigenvalue weighted by molar-refractivity contribution is 6.04. The van der Waals surface area contributed by atoms with Crippen molar-refractivity contribution in [1.29, 1.82) is 5.26 Å². The summed E-state index contributed by atoms with van der Waals surface area (Å²) in [4.78, 5) is 31.5. The number of carbonyl (C=O) groups excluding carboxylic acids is 2. The standard InChI is InChI=1S/C24H23N5O4/c25-12-16-2-1-3-17(10-16)22(32)27-23-26-19-11-18(28-8-9-33-13-21(28)31)4-5-20(19)29(23)14-24(15-30)6-7-24/h1-5,10-11,30H,6-9,13-15H2,(H,26,27,32). The Kier molecular flexibility index (Phi) is 5.32. The average Bonchev–Trinajstić information content (AvgIpc) is 3.55. The van der Waals surface area contributed by atoms with Crippen molar-refractivity contribution in [3.05, 3.63) is 53.6 Å². The number of fused-ring (bicyclic) bond motifs is 1. The van der Waals surface area contributed by atoms with Gasteiger partial charge < -0.3 is 19.3 Å². The molecule has 3 aromatic rings. The van der Waals surface area contributed by atoms with Gasteiger partial charge in [-0.1, -0.05) is 6.07 Å². The Hall–Kier alpha value is -3.74. The van der Waals surface area contributed by atoms with Gasteiger partial charge in [0.25, 0.3) is 11.8 Å². The Balaban J connectivity index is 1.52. The molecule has 2 aliphatic rings. The molecule has 0 radical (unpaired) electrons. The van der Waals surface area contributed by atoms with Crippen molar-refractivity contribution in [2.75, 3.05) is 36.6 Å². The Bertz CT molecular complexity index is 1290. The summed E-state index contributed by atoms with van der Waals surface area (Å²) in [5.41, 5.74) is 2.71. The van der Waals surface area contributed by atoms with Crippen LogP contribution in [0.5, 0.6) is 0 Å². The van der Waals surface area contributed by atoms with E-state index in [1.807, 2.05) is 28.8 Å². The third-order valence-electron chi connectivity index (χ3n) is 6.29. The van der Waals surface area contributed by atoms with Gasteiger partial charge in [0.15, 0.2) is 0 Å². The normalized spacial score (nSPS) is 17.1. The van der Waals surface area contributed by atoms with E-state index in [1.54, 1.807) is 23.1 Å². The molecule has 0 spiro atoms. The molecule has 2 amide bonds. The number of hydrogen-bond acceptors (Lipinski definition) is 6. The van der Waals surface area contributed by atoms with Crippen molar-refractivity contribution in [2.24, 2.45) is 5.41 Å². The van der Waals surface area contributed by atoms with Crippen molar-refractivity contribution in [1.82, 2.24) is 9.55 Å². The molecule has 1 aliphatic carbocycles. The molecule has 1 saturated carbocycles. The zero-order valence-electron chi connectivity index (χ0n) is 18.0. The smallest absolute Gasteiger partial charge is 0.258 e. The molecule has 1 saturated heterocycles. The van der Waals surface area contributed by atoms with Crippen LogP contribution in [0.1, 0.15) is 28.8 Å². The number of morpholine rings is 1. The van der Waals surface area contributed by atoms with Gasteiger partial charge in [-0.2, -0.15) is 5.26 Å². The number of benzene rings is 2. The minimum atomic E-state index is -0.374. The van der Waals surface area contributed by atoms with Gasteiger partial charge in [-0.15, -0.1) is 0 Å². The molecule has 168 valence electrons. The van der Waals surface area contributed by atoms with Crippen LogP contribution in [0.15, 0.2) is 42.5 Å². The average molecular weight is 445 g/mol. The number of anilines is 2. The Morgan fingerprint density at radius 2 is 2.12 bits per heavy atom. The monoisotopic (exact) mass is 445 g/mol. The first kappa shape index (κ1) is 21.1. The molecule has 0 atom stereocenters. The van der Waals surface area contributed by atoms with E-state index in [4.69, 9.17) is 10.00 Å². The van der Waals surface area contributed by atoms with Crippen molar-refractivity contribution in [2.45, 2.75) is 19.4 Å². The lowest BCUT2D eigenvalue weighted by molar-refractivity contribution is -0.125. The number of hydrogen-bond donors (Lipinski definition) is 2. The summed E-state index contributed by atoms with van der Waals surface area (Å²) in [7, 11) is 0. The second-order valence-corrected chi connectivity index (χ2v) is 8.60. The molecule has 1 aromatic heterocycles.